The first kappa shape index (κ1) is 10.7. The number of nitrogens with two attached hydrogens (primary N) is 1. The minimum absolute atomic E-state index is 0.180. The first-order valence-electron chi connectivity index (χ1n) is 5.60. The van der Waals surface area contributed by atoms with Crippen molar-refractivity contribution >= 4 is 16.9 Å². The fourth-order valence-corrected chi connectivity index (χ4v) is 1.97. The maximum Gasteiger partial charge on any atom is 0.240 e. The summed E-state index contributed by atoms with van der Waals surface area (Å²) >= 11 is 0. The summed E-state index contributed by atoms with van der Waals surface area (Å²) in [5, 5.41) is 8.79. The van der Waals surface area contributed by atoms with Crippen LogP contribution in [0.15, 0.2) is 28.9 Å². The van der Waals surface area contributed by atoms with Crippen molar-refractivity contribution < 1.29 is 4.42 Å². The van der Waals surface area contributed by atoms with Gasteiger partial charge in [0.15, 0.2) is 0 Å². The lowest BCUT2D eigenvalue weighted by atomic mass is 10.1. The van der Waals surface area contributed by atoms with Crippen LogP contribution in [0.3, 0.4) is 0 Å². The van der Waals surface area contributed by atoms with Gasteiger partial charge in [0, 0.05) is 10.9 Å². The van der Waals surface area contributed by atoms with Gasteiger partial charge in [-0.1, -0.05) is 0 Å². The number of anilines is 1. The van der Waals surface area contributed by atoms with Gasteiger partial charge in [-0.15, -0.1) is 10.2 Å². The molecule has 0 atom stereocenters. The molecule has 0 aliphatic heterocycles. The number of hydrogen-bond acceptors (Lipinski definition) is 5. The highest BCUT2D eigenvalue weighted by atomic mass is 16.3. The standard InChI is InChI=1S/C13H12N4O/c1-7-6-18-11-4-3-9(5-10(7)11)12-8(2)16-17-13(14)15-12/h3-6H,1-2H3,(H2,14,15,17). The zero-order valence-corrected chi connectivity index (χ0v) is 10.1. The smallest absolute Gasteiger partial charge is 0.240 e. The van der Waals surface area contributed by atoms with E-state index >= 15 is 0 Å². The Labute approximate surface area is 104 Å². The van der Waals surface area contributed by atoms with Gasteiger partial charge in [-0.05, 0) is 37.6 Å². The Bertz CT molecular complexity index is 733. The van der Waals surface area contributed by atoms with Crippen LogP contribution in [0.2, 0.25) is 0 Å². The largest absolute Gasteiger partial charge is 0.464 e. The molecule has 0 aliphatic rings. The molecule has 2 N–H and O–H groups in total. The number of nitrogen functional groups attached to an aromatic ring is 1. The number of furan rings is 1. The lowest BCUT2D eigenvalue weighted by Gasteiger charge is -2.04. The van der Waals surface area contributed by atoms with Crippen molar-refractivity contribution in [3.05, 3.63) is 35.7 Å². The van der Waals surface area contributed by atoms with Crippen molar-refractivity contribution in [3.63, 3.8) is 0 Å². The van der Waals surface area contributed by atoms with E-state index in [4.69, 9.17) is 10.2 Å². The molecule has 0 radical (unpaired) electrons. The summed E-state index contributed by atoms with van der Waals surface area (Å²) in [6.07, 6.45) is 1.74. The average Bonchev–Trinajstić information content (AvgIpc) is 2.74. The molecular formula is C13H12N4O. The van der Waals surface area contributed by atoms with Crippen LogP contribution in [0.25, 0.3) is 22.2 Å². The molecule has 0 saturated heterocycles. The van der Waals surface area contributed by atoms with Crippen LogP contribution in [0.4, 0.5) is 5.95 Å². The molecule has 5 heteroatoms. The molecule has 0 fully saturated rings. The third-order valence-electron chi connectivity index (χ3n) is 2.91. The molecule has 3 rings (SSSR count). The second kappa shape index (κ2) is 3.80. The molecule has 5 nitrogen and oxygen atoms in total. The van der Waals surface area contributed by atoms with Crippen molar-refractivity contribution in [2.45, 2.75) is 13.8 Å². The van der Waals surface area contributed by atoms with E-state index in [2.05, 4.69) is 15.2 Å². The van der Waals surface area contributed by atoms with Gasteiger partial charge in [-0.3, -0.25) is 0 Å². The lowest BCUT2D eigenvalue weighted by Crippen LogP contribution is -2.01. The Kier molecular flexibility index (Phi) is 2.26. The van der Waals surface area contributed by atoms with Gasteiger partial charge in [0.1, 0.15) is 5.58 Å². The molecule has 90 valence electrons. The highest BCUT2D eigenvalue weighted by molar-refractivity contribution is 5.85. The molecule has 18 heavy (non-hydrogen) atoms. The van der Waals surface area contributed by atoms with Crippen LogP contribution in [-0.4, -0.2) is 15.2 Å². The van der Waals surface area contributed by atoms with E-state index in [0.29, 0.717) is 0 Å². The highest BCUT2D eigenvalue weighted by Gasteiger charge is 2.09. The topological polar surface area (TPSA) is 77.8 Å². The molecule has 1 aromatic carbocycles. The average molecular weight is 240 g/mol. The van der Waals surface area contributed by atoms with Crippen LogP contribution in [0, 0.1) is 13.8 Å². The van der Waals surface area contributed by atoms with E-state index < -0.39 is 0 Å². The minimum Gasteiger partial charge on any atom is -0.464 e. The quantitative estimate of drug-likeness (QED) is 0.707. The highest BCUT2D eigenvalue weighted by Crippen LogP contribution is 2.27. The molecule has 0 bridgehead atoms. The van der Waals surface area contributed by atoms with Crippen molar-refractivity contribution in [2.75, 3.05) is 5.73 Å². The first-order valence-corrected chi connectivity index (χ1v) is 5.60. The Hall–Kier alpha value is -2.43. The number of nitrogens with zero attached hydrogens (tertiary/aromatic N) is 3. The van der Waals surface area contributed by atoms with Gasteiger partial charge in [0.05, 0.1) is 17.7 Å². The maximum atomic E-state index is 5.58. The van der Waals surface area contributed by atoms with Crippen LogP contribution in [0.1, 0.15) is 11.3 Å². The Morgan fingerprint density at radius 3 is 2.83 bits per heavy atom. The molecule has 0 aliphatic carbocycles. The molecule has 0 spiro atoms. The summed E-state index contributed by atoms with van der Waals surface area (Å²) < 4.78 is 5.42. The minimum atomic E-state index is 0.180. The normalized spacial score (nSPS) is 11.0. The Morgan fingerprint density at radius 1 is 1.17 bits per heavy atom. The van der Waals surface area contributed by atoms with Crippen LogP contribution in [0.5, 0.6) is 0 Å². The van der Waals surface area contributed by atoms with Gasteiger partial charge in [0.2, 0.25) is 5.95 Å². The summed E-state index contributed by atoms with van der Waals surface area (Å²) in [6.45, 7) is 3.87. The van der Waals surface area contributed by atoms with E-state index in [1.807, 2.05) is 32.0 Å². The number of benzene rings is 1. The van der Waals surface area contributed by atoms with E-state index in [0.717, 1.165) is 33.5 Å². The second-order valence-corrected chi connectivity index (χ2v) is 4.23. The maximum absolute atomic E-state index is 5.58. The third-order valence-corrected chi connectivity index (χ3v) is 2.91. The van der Waals surface area contributed by atoms with Gasteiger partial charge >= 0.3 is 0 Å². The molecule has 0 amide bonds. The third kappa shape index (κ3) is 1.60. The molecule has 0 unspecified atom stereocenters. The number of aryl methyl sites for hydroxylation is 2. The van der Waals surface area contributed by atoms with Crippen molar-refractivity contribution in [1.82, 2.24) is 15.2 Å². The summed E-state index contributed by atoms with van der Waals surface area (Å²) in [7, 11) is 0. The number of hydrogen-bond donors (Lipinski definition) is 1. The summed E-state index contributed by atoms with van der Waals surface area (Å²) in [6, 6.07) is 5.90. The van der Waals surface area contributed by atoms with Crippen LogP contribution >= 0.6 is 0 Å². The Balaban J connectivity index is 2.24. The fraction of sp³-hybridized carbons (Fsp3) is 0.154. The molecule has 3 aromatic rings. The molecular weight excluding hydrogens is 228 g/mol. The fourth-order valence-electron chi connectivity index (χ4n) is 1.97. The van der Waals surface area contributed by atoms with Gasteiger partial charge in [-0.25, -0.2) is 4.98 Å². The molecule has 0 saturated carbocycles. The molecule has 2 aromatic heterocycles. The predicted molar refractivity (Wildman–Crippen MR) is 68.9 cm³/mol. The van der Waals surface area contributed by atoms with Crippen molar-refractivity contribution in [2.24, 2.45) is 0 Å². The van der Waals surface area contributed by atoms with E-state index in [1.165, 1.54) is 0 Å². The van der Waals surface area contributed by atoms with Gasteiger partial charge in [0.25, 0.3) is 0 Å². The van der Waals surface area contributed by atoms with E-state index in [-0.39, 0.29) is 5.95 Å². The summed E-state index contributed by atoms with van der Waals surface area (Å²) in [5.41, 5.74) is 10.0. The van der Waals surface area contributed by atoms with Crippen LogP contribution in [-0.2, 0) is 0 Å². The SMILES string of the molecule is Cc1nnc(N)nc1-c1ccc2occ(C)c2c1. The summed E-state index contributed by atoms with van der Waals surface area (Å²) in [5.74, 6) is 0.180. The van der Waals surface area contributed by atoms with Gasteiger partial charge in [-0.2, -0.15) is 0 Å². The number of aromatic nitrogens is 3. The first-order chi connectivity index (χ1) is 8.65. The number of rotatable bonds is 1. The zero-order valence-electron chi connectivity index (χ0n) is 10.1. The number of fused-ring (bicyclic) bond motifs is 1. The van der Waals surface area contributed by atoms with Crippen molar-refractivity contribution in [1.29, 1.82) is 0 Å². The van der Waals surface area contributed by atoms with E-state index in [1.54, 1.807) is 6.26 Å². The van der Waals surface area contributed by atoms with Crippen molar-refractivity contribution in [3.8, 4) is 11.3 Å². The Morgan fingerprint density at radius 2 is 2.00 bits per heavy atom. The monoisotopic (exact) mass is 240 g/mol. The summed E-state index contributed by atoms with van der Waals surface area (Å²) in [4.78, 5) is 4.24. The molecule has 2 heterocycles. The van der Waals surface area contributed by atoms with Crippen LogP contribution < -0.4 is 5.73 Å². The second-order valence-electron chi connectivity index (χ2n) is 4.23. The van der Waals surface area contributed by atoms with Gasteiger partial charge < -0.3 is 10.2 Å². The zero-order chi connectivity index (χ0) is 12.7. The lowest BCUT2D eigenvalue weighted by molar-refractivity contribution is 0.613. The predicted octanol–water partition coefficient (Wildman–Crippen LogP) is 2.48. The van der Waals surface area contributed by atoms with E-state index in [9.17, 15) is 0 Å².